The number of nitrogens with zero attached hydrogens (tertiary/aromatic N) is 3. The molecule has 11 heteroatoms. The Bertz CT molecular complexity index is 1980. The van der Waals surface area contributed by atoms with Gasteiger partial charge >= 0.3 is 0 Å². The fourth-order valence-corrected chi connectivity index (χ4v) is 7.09. The molecule has 0 bridgehead atoms. The summed E-state index contributed by atoms with van der Waals surface area (Å²) in [6.07, 6.45) is 0. The molecule has 1 aliphatic rings. The number of aromatic nitrogens is 3. The number of carbonyl (C=O) groups is 1. The van der Waals surface area contributed by atoms with Crippen LogP contribution in [0.15, 0.2) is 106 Å². The molecule has 1 unspecified atom stereocenters. The Balaban J connectivity index is 1.39. The van der Waals surface area contributed by atoms with Crippen molar-refractivity contribution in [2.24, 2.45) is 0 Å². The number of anilines is 2. The van der Waals surface area contributed by atoms with Gasteiger partial charge in [-0.15, -0.1) is 5.10 Å². The SMILES string of the molecule is COc1cc(C2C(C(=O)Nc3cccc(C)c3C)=C(C)Nc3nc(SCc4ccccc4Cl)nn32)cc(Br)c1OCc1ccccc1. The van der Waals surface area contributed by atoms with E-state index in [1.165, 1.54) is 11.8 Å². The minimum Gasteiger partial charge on any atom is -0.493 e. The number of halogens is 2. The third-order valence-corrected chi connectivity index (χ3v) is 9.88. The summed E-state index contributed by atoms with van der Waals surface area (Å²) in [7, 11) is 1.60. The molecule has 5 aromatic rings. The Hall–Kier alpha value is -4.25. The van der Waals surface area contributed by atoms with Crippen molar-refractivity contribution in [2.75, 3.05) is 17.7 Å². The molecular formula is C36H33BrClN5O3S. The summed E-state index contributed by atoms with van der Waals surface area (Å²) in [4.78, 5) is 19.0. The highest BCUT2D eigenvalue weighted by Gasteiger charge is 2.35. The topological polar surface area (TPSA) is 90.3 Å². The van der Waals surface area contributed by atoms with Crippen molar-refractivity contribution in [1.82, 2.24) is 14.8 Å². The number of carbonyl (C=O) groups excluding carboxylic acids is 1. The predicted octanol–water partition coefficient (Wildman–Crippen LogP) is 9.12. The van der Waals surface area contributed by atoms with Crippen molar-refractivity contribution in [3.8, 4) is 11.5 Å². The molecule has 6 rings (SSSR count). The third kappa shape index (κ3) is 7.05. The average Bonchev–Trinajstić information content (AvgIpc) is 3.47. The van der Waals surface area contributed by atoms with E-state index in [9.17, 15) is 4.79 Å². The maximum absolute atomic E-state index is 14.2. The van der Waals surface area contributed by atoms with E-state index in [4.69, 9.17) is 31.2 Å². The molecule has 0 aliphatic carbocycles. The summed E-state index contributed by atoms with van der Waals surface area (Å²) in [5, 5.41) is 12.6. The Morgan fingerprint density at radius 3 is 2.57 bits per heavy atom. The second kappa shape index (κ2) is 14.3. The molecule has 1 aliphatic heterocycles. The molecule has 0 radical (unpaired) electrons. The van der Waals surface area contributed by atoms with Gasteiger partial charge in [-0.3, -0.25) is 4.79 Å². The minimum atomic E-state index is -0.632. The van der Waals surface area contributed by atoms with Crippen LogP contribution in [0.5, 0.6) is 11.5 Å². The van der Waals surface area contributed by atoms with E-state index in [-0.39, 0.29) is 5.91 Å². The lowest BCUT2D eigenvalue weighted by Gasteiger charge is -2.29. The van der Waals surface area contributed by atoms with Crippen molar-refractivity contribution >= 4 is 56.8 Å². The fourth-order valence-electron chi connectivity index (χ4n) is 5.40. The van der Waals surface area contributed by atoms with Crippen molar-refractivity contribution in [3.05, 3.63) is 134 Å². The smallest absolute Gasteiger partial charge is 0.255 e. The Morgan fingerprint density at radius 1 is 1.04 bits per heavy atom. The largest absolute Gasteiger partial charge is 0.493 e. The molecular weight excluding hydrogens is 698 g/mol. The monoisotopic (exact) mass is 729 g/mol. The highest BCUT2D eigenvalue weighted by molar-refractivity contribution is 9.10. The number of allylic oxidation sites excluding steroid dienone is 1. The molecule has 2 N–H and O–H groups in total. The number of hydrogen-bond acceptors (Lipinski definition) is 7. The quantitative estimate of drug-likeness (QED) is 0.139. The van der Waals surface area contributed by atoms with Gasteiger partial charge in [0.15, 0.2) is 11.5 Å². The van der Waals surface area contributed by atoms with E-state index in [0.29, 0.717) is 55.7 Å². The predicted molar refractivity (Wildman–Crippen MR) is 192 cm³/mol. The maximum Gasteiger partial charge on any atom is 0.255 e. The summed E-state index contributed by atoms with van der Waals surface area (Å²) in [5.74, 6) is 1.95. The number of nitrogens with one attached hydrogen (secondary N) is 2. The van der Waals surface area contributed by atoms with Crippen molar-refractivity contribution in [3.63, 3.8) is 0 Å². The van der Waals surface area contributed by atoms with Crippen LogP contribution in [-0.4, -0.2) is 27.8 Å². The summed E-state index contributed by atoms with van der Waals surface area (Å²) in [5.41, 5.74) is 6.78. The molecule has 240 valence electrons. The molecule has 1 aromatic heterocycles. The Kier molecular flexibility index (Phi) is 9.91. The van der Waals surface area contributed by atoms with E-state index < -0.39 is 6.04 Å². The van der Waals surface area contributed by atoms with E-state index in [2.05, 4.69) is 26.6 Å². The molecule has 0 saturated heterocycles. The molecule has 47 heavy (non-hydrogen) atoms. The minimum absolute atomic E-state index is 0.250. The molecule has 1 amide bonds. The van der Waals surface area contributed by atoms with E-state index in [1.54, 1.807) is 11.8 Å². The van der Waals surface area contributed by atoms with Gasteiger partial charge in [0.05, 0.1) is 17.2 Å². The third-order valence-electron chi connectivity index (χ3n) is 8.04. The number of rotatable bonds is 10. The van der Waals surface area contributed by atoms with Crippen molar-refractivity contribution < 1.29 is 14.3 Å². The number of amides is 1. The lowest BCUT2D eigenvalue weighted by molar-refractivity contribution is -0.113. The highest BCUT2D eigenvalue weighted by atomic mass is 79.9. The van der Waals surface area contributed by atoms with Gasteiger partial charge in [0, 0.05) is 22.2 Å². The normalized spacial score (nSPS) is 14.0. The number of ether oxygens (including phenoxy) is 2. The van der Waals surface area contributed by atoms with Crippen LogP contribution in [0, 0.1) is 13.8 Å². The number of thioether (sulfide) groups is 1. The first-order valence-corrected chi connectivity index (χ1v) is 17.1. The first-order chi connectivity index (χ1) is 22.7. The fraction of sp³-hybridized carbons (Fsp3) is 0.194. The van der Waals surface area contributed by atoms with Crippen LogP contribution >= 0.6 is 39.3 Å². The number of hydrogen-bond donors (Lipinski definition) is 2. The molecule has 8 nitrogen and oxygen atoms in total. The average molecular weight is 731 g/mol. The standard InChI is InChI=1S/C36H33BrClN5O3S/c1-21-11-10-16-29(22(21)2)40-34(44)31-23(3)39-35-41-36(47-20-25-14-8-9-15-28(25)38)42-43(35)32(31)26-17-27(37)33(30(18-26)45-4)46-19-24-12-6-5-7-13-24/h5-18,32H,19-20H2,1-4H3,(H,40,44)(H,39,41,42). The van der Waals surface area contributed by atoms with Crippen LogP contribution in [0.1, 0.15) is 40.8 Å². The zero-order valence-corrected chi connectivity index (χ0v) is 29.5. The molecule has 1 atom stereocenters. The molecule has 0 spiro atoms. The second-order valence-electron chi connectivity index (χ2n) is 11.1. The summed E-state index contributed by atoms with van der Waals surface area (Å²) in [6.45, 7) is 6.26. The van der Waals surface area contributed by atoms with Crippen LogP contribution < -0.4 is 20.1 Å². The van der Waals surface area contributed by atoms with Crippen LogP contribution in [0.25, 0.3) is 0 Å². The second-order valence-corrected chi connectivity index (χ2v) is 13.3. The first-order valence-electron chi connectivity index (χ1n) is 15.0. The van der Waals surface area contributed by atoms with Crippen LogP contribution in [0.3, 0.4) is 0 Å². The summed E-state index contributed by atoms with van der Waals surface area (Å²) in [6, 6.07) is 26.7. The van der Waals surface area contributed by atoms with Crippen molar-refractivity contribution in [1.29, 1.82) is 0 Å². The molecule has 0 saturated carbocycles. The van der Waals surface area contributed by atoms with Gasteiger partial charge < -0.3 is 20.1 Å². The van der Waals surface area contributed by atoms with Gasteiger partial charge in [0.1, 0.15) is 12.6 Å². The number of aryl methyl sites for hydroxylation is 1. The van der Waals surface area contributed by atoms with Crippen LogP contribution in [-0.2, 0) is 17.2 Å². The van der Waals surface area contributed by atoms with Crippen LogP contribution in [0.4, 0.5) is 11.6 Å². The highest BCUT2D eigenvalue weighted by Crippen LogP contribution is 2.44. The van der Waals surface area contributed by atoms with Gasteiger partial charge in [-0.25, -0.2) is 4.68 Å². The number of fused-ring (bicyclic) bond motifs is 1. The summed E-state index contributed by atoms with van der Waals surface area (Å²) >= 11 is 11.6. The zero-order chi connectivity index (χ0) is 33.1. The van der Waals surface area contributed by atoms with Gasteiger partial charge in [0.25, 0.3) is 5.91 Å². The number of methoxy groups -OCH3 is 1. The van der Waals surface area contributed by atoms with Gasteiger partial charge in [0.2, 0.25) is 11.1 Å². The molecule has 2 heterocycles. The van der Waals surface area contributed by atoms with Crippen LogP contribution in [0.2, 0.25) is 5.02 Å². The van der Waals surface area contributed by atoms with Gasteiger partial charge in [-0.05, 0) is 88.8 Å². The van der Waals surface area contributed by atoms with E-state index in [0.717, 1.165) is 33.5 Å². The number of benzene rings is 4. The zero-order valence-electron chi connectivity index (χ0n) is 26.3. The molecule has 0 fully saturated rings. The summed E-state index contributed by atoms with van der Waals surface area (Å²) < 4.78 is 14.5. The lowest BCUT2D eigenvalue weighted by Crippen LogP contribution is -2.31. The molecule has 4 aromatic carbocycles. The van der Waals surface area contributed by atoms with Gasteiger partial charge in [-0.1, -0.05) is 84.0 Å². The Labute approximate surface area is 291 Å². The van der Waals surface area contributed by atoms with Gasteiger partial charge in [-0.2, -0.15) is 4.98 Å². The van der Waals surface area contributed by atoms with E-state index in [1.807, 2.05) is 106 Å². The van der Waals surface area contributed by atoms with Crippen molar-refractivity contribution in [2.45, 2.75) is 44.3 Å². The first kappa shape index (κ1) is 32.7. The van der Waals surface area contributed by atoms with E-state index >= 15 is 0 Å². The Morgan fingerprint density at radius 2 is 1.81 bits per heavy atom. The lowest BCUT2D eigenvalue weighted by atomic mass is 9.94. The maximum atomic E-state index is 14.2.